The van der Waals surface area contributed by atoms with Crippen LogP contribution in [-0.4, -0.2) is 31.8 Å². The monoisotopic (exact) mass is 454 g/mol. The zero-order chi connectivity index (χ0) is 17.8. The molecule has 0 radical (unpaired) electrons. The molecule has 0 saturated heterocycles. The molecule has 1 aromatic heterocycles. The van der Waals surface area contributed by atoms with Crippen molar-refractivity contribution < 1.29 is 19.0 Å². The number of benzene rings is 1. The Kier molecular flexibility index (Phi) is 5.87. The highest BCUT2D eigenvalue weighted by Gasteiger charge is 2.28. The highest BCUT2D eigenvalue weighted by molar-refractivity contribution is 14.1. The van der Waals surface area contributed by atoms with Gasteiger partial charge in [0.05, 0.1) is 0 Å². The predicted molar refractivity (Wildman–Crippen MR) is 102 cm³/mol. The van der Waals surface area contributed by atoms with Crippen molar-refractivity contribution in [2.75, 3.05) is 25.7 Å². The van der Waals surface area contributed by atoms with Crippen LogP contribution in [-0.2, 0) is 15.9 Å². The molecule has 0 unspecified atom stereocenters. The van der Waals surface area contributed by atoms with E-state index in [-0.39, 0.29) is 0 Å². The van der Waals surface area contributed by atoms with Crippen LogP contribution in [0.1, 0.15) is 24.0 Å². The average molecular weight is 454 g/mol. The summed E-state index contributed by atoms with van der Waals surface area (Å²) in [7, 11) is 3.12. The second kappa shape index (κ2) is 8.11. The Bertz CT molecular complexity index is 750. The number of pyridine rings is 1. The van der Waals surface area contributed by atoms with E-state index in [1.165, 1.54) is 0 Å². The molecule has 0 bridgehead atoms. The minimum atomic E-state index is -0.578. The van der Waals surface area contributed by atoms with Gasteiger partial charge in [0.2, 0.25) is 6.29 Å². The second-order valence-electron chi connectivity index (χ2n) is 5.58. The third-order valence-electron chi connectivity index (χ3n) is 3.96. The van der Waals surface area contributed by atoms with Gasteiger partial charge in [-0.15, -0.1) is 0 Å². The molecular weight excluding hydrogens is 435 g/mol. The zero-order valence-corrected chi connectivity index (χ0v) is 16.2. The lowest BCUT2D eigenvalue weighted by Gasteiger charge is -2.29. The van der Waals surface area contributed by atoms with E-state index in [2.05, 4.69) is 27.6 Å². The Morgan fingerprint density at radius 1 is 1.24 bits per heavy atom. The summed E-state index contributed by atoms with van der Waals surface area (Å²) in [6.45, 7) is 0.566. The van der Waals surface area contributed by atoms with Crippen molar-refractivity contribution in [2.24, 2.45) is 0 Å². The number of aryl methyl sites for hydroxylation is 1. The maximum atomic E-state index is 12.6. The Morgan fingerprint density at radius 2 is 1.96 bits per heavy atom. The van der Waals surface area contributed by atoms with Crippen LogP contribution in [0.2, 0.25) is 0 Å². The smallest absolute Gasteiger partial charge is 0.410 e. The van der Waals surface area contributed by atoms with E-state index in [4.69, 9.17) is 14.2 Å². The number of para-hydroxylation sites is 1. The Balaban J connectivity index is 1.92. The molecule has 0 spiro atoms. The molecule has 25 heavy (non-hydrogen) atoms. The van der Waals surface area contributed by atoms with Gasteiger partial charge in [-0.1, -0.05) is 18.2 Å². The minimum Gasteiger partial charge on any atom is -0.410 e. The molecule has 1 aliphatic heterocycles. The summed E-state index contributed by atoms with van der Waals surface area (Å²) in [6.07, 6.45) is 0.731. The molecule has 2 aromatic rings. The first-order valence-electron chi connectivity index (χ1n) is 7.93. The number of hydrogen-bond donors (Lipinski definition) is 0. The first-order valence-corrected chi connectivity index (χ1v) is 9.01. The van der Waals surface area contributed by atoms with Crippen LogP contribution in [0.25, 0.3) is 0 Å². The van der Waals surface area contributed by atoms with Gasteiger partial charge in [-0.2, -0.15) is 0 Å². The van der Waals surface area contributed by atoms with E-state index < -0.39 is 12.4 Å². The number of amides is 1. The number of halogens is 1. The van der Waals surface area contributed by atoms with Gasteiger partial charge < -0.3 is 14.2 Å². The number of rotatable bonds is 4. The number of methoxy groups -OCH3 is 2. The highest BCUT2D eigenvalue weighted by atomic mass is 127. The maximum Gasteiger partial charge on any atom is 0.420 e. The lowest BCUT2D eigenvalue weighted by atomic mass is 10.1. The number of fused-ring (bicyclic) bond motifs is 1. The first kappa shape index (κ1) is 18.1. The maximum absolute atomic E-state index is 12.6. The van der Waals surface area contributed by atoms with Crippen LogP contribution < -0.4 is 9.64 Å². The quantitative estimate of drug-likeness (QED) is 0.518. The van der Waals surface area contributed by atoms with E-state index in [0.29, 0.717) is 23.8 Å². The first-order chi connectivity index (χ1) is 12.1. The molecule has 0 saturated carbocycles. The van der Waals surface area contributed by atoms with Gasteiger partial charge >= 0.3 is 6.09 Å². The molecule has 1 aromatic carbocycles. The van der Waals surface area contributed by atoms with Crippen LogP contribution in [0.3, 0.4) is 0 Å². The van der Waals surface area contributed by atoms with Gasteiger partial charge in [-0.25, -0.2) is 9.78 Å². The number of hydrogen-bond acceptors (Lipinski definition) is 5. The Hall–Kier alpha value is -1.71. The van der Waals surface area contributed by atoms with Gasteiger partial charge in [0.15, 0.2) is 0 Å². The van der Waals surface area contributed by atoms with Gasteiger partial charge in [-0.05, 0) is 59.2 Å². The fraction of sp³-hybridized carbons (Fsp3) is 0.333. The topological polar surface area (TPSA) is 60.9 Å². The molecule has 0 N–H and O–H groups in total. The summed E-state index contributed by atoms with van der Waals surface area (Å²) in [5.74, 6) is 1.12. The van der Waals surface area contributed by atoms with Crippen molar-refractivity contribution in [1.29, 1.82) is 0 Å². The minimum absolute atomic E-state index is 0.432. The van der Waals surface area contributed by atoms with E-state index in [1.807, 2.05) is 24.3 Å². The van der Waals surface area contributed by atoms with Crippen LogP contribution in [0, 0.1) is 3.57 Å². The van der Waals surface area contributed by atoms with Gasteiger partial charge in [0.1, 0.15) is 17.3 Å². The molecule has 1 aliphatic rings. The number of anilines is 1. The molecule has 0 atom stereocenters. The molecule has 1 amide bonds. The SMILES string of the molecule is COC(OC)c1nc2c(cc1I)CCCN2C(=O)Oc1ccccc1. The van der Waals surface area contributed by atoms with Crippen LogP contribution in [0.5, 0.6) is 5.75 Å². The van der Waals surface area contributed by atoms with Crippen molar-refractivity contribution >= 4 is 34.5 Å². The summed E-state index contributed by atoms with van der Waals surface area (Å²) in [5.41, 5.74) is 1.68. The molecule has 0 fully saturated rings. The van der Waals surface area contributed by atoms with Crippen molar-refractivity contribution in [3.63, 3.8) is 0 Å². The number of aromatic nitrogens is 1. The molecule has 2 heterocycles. The average Bonchev–Trinajstić information content (AvgIpc) is 2.63. The summed E-state index contributed by atoms with van der Waals surface area (Å²) >= 11 is 2.21. The summed E-state index contributed by atoms with van der Waals surface area (Å²) in [6, 6.07) is 11.1. The Morgan fingerprint density at radius 3 is 2.64 bits per heavy atom. The molecule has 3 rings (SSSR count). The molecule has 0 aliphatic carbocycles. The third-order valence-corrected chi connectivity index (χ3v) is 4.83. The number of carbonyl (C=O) groups excluding carboxylic acids is 1. The highest BCUT2D eigenvalue weighted by Crippen LogP contribution is 2.32. The largest absolute Gasteiger partial charge is 0.420 e. The normalized spacial score (nSPS) is 13.7. The standard InChI is InChI=1S/C18H19IN2O4/c1-23-17(24-2)15-14(19)11-12-7-6-10-21(16(12)20-15)18(22)25-13-8-4-3-5-9-13/h3-5,8-9,11,17H,6-7,10H2,1-2H3. The lowest BCUT2D eigenvalue weighted by molar-refractivity contribution is -0.109. The van der Waals surface area contributed by atoms with Crippen molar-refractivity contribution in [1.82, 2.24) is 4.98 Å². The van der Waals surface area contributed by atoms with Gasteiger partial charge in [0, 0.05) is 24.3 Å². The molecule has 6 nitrogen and oxygen atoms in total. The van der Waals surface area contributed by atoms with Crippen LogP contribution >= 0.6 is 22.6 Å². The van der Waals surface area contributed by atoms with E-state index in [1.54, 1.807) is 31.3 Å². The van der Waals surface area contributed by atoms with Crippen molar-refractivity contribution in [3.8, 4) is 5.75 Å². The van der Waals surface area contributed by atoms with Crippen molar-refractivity contribution in [2.45, 2.75) is 19.1 Å². The fourth-order valence-electron chi connectivity index (χ4n) is 2.79. The molecule has 7 heteroatoms. The predicted octanol–water partition coefficient (Wildman–Crippen LogP) is 3.93. The number of carbonyl (C=O) groups is 1. The number of ether oxygens (including phenoxy) is 3. The molecule has 132 valence electrons. The van der Waals surface area contributed by atoms with Crippen LogP contribution in [0.15, 0.2) is 36.4 Å². The Labute approximate surface area is 160 Å². The second-order valence-corrected chi connectivity index (χ2v) is 6.74. The number of nitrogens with zero attached hydrogens (tertiary/aromatic N) is 2. The van der Waals surface area contributed by atoms with Crippen LogP contribution in [0.4, 0.5) is 10.6 Å². The lowest BCUT2D eigenvalue weighted by Crippen LogP contribution is -2.38. The van der Waals surface area contributed by atoms with E-state index in [0.717, 1.165) is 22.0 Å². The fourth-order valence-corrected chi connectivity index (χ4v) is 3.54. The summed E-state index contributed by atoms with van der Waals surface area (Å²) < 4.78 is 17.1. The van der Waals surface area contributed by atoms with Crippen molar-refractivity contribution in [3.05, 3.63) is 51.2 Å². The van der Waals surface area contributed by atoms with Gasteiger partial charge in [0.25, 0.3) is 0 Å². The zero-order valence-electron chi connectivity index (χ0n) is 14.1. The van der Waals surface area contributed by atoms with E-state index >= 15 is 0 Å². The summed E-state index contributed by atoms with van der Waals surface area (Å²) in [5, 5.41) is 0. The van der Waals surface area contributed by atoms with E-state index in [9.17, 15) is 4.79 Å². The van der Waals surface area contributed by atoms with Gasteiger partial charge in [-0.3, -0.25) is 4.90 Å². The third kappa shape index (κ3) is 3.94. The summed E-state index contributed by atoms with van der Waals surface area (Å²) in [4.78, 5) is 18.9. The molecular formula is C18H19IN2O4.